The normalized spacial score (nSPS) is 23.6. The standard InChI is InChI=1S/C9H17NO3/c1-2-13-9(11)5-8-6-10-3-4-12-7-8/h8,10H,2-7H2,1H3. The summed E-state index contributed by atoms with van der Waals surface area (Å²) >= 11 is 0. The molecule has 1 atom stereocenters. The second kappa shape index (κ2) is 5.94. The third-order valence-corrected chi connectivity index (χ3v) is 1.97. The predicted octanol–water partition coefficient (Wildman–Crippen LogP) is 0.176. The molecule has 0 aliphatic carbocycles. The molecule has 0 radical (unpaired) electrons. The Kier molecular flexibility index (Phi) is 4.78. The lowest BCUT2D eigenvalue weighted by Crippen LogP contribution is -2.25. The molecule has 0 bridgehead atoms. The third kappa shape index (κ3) is 4.24. The molecule has 4 nitrogen and oxygen atoms in total. The van der Waals surface area contributed by atoms with Gasteiger partial charge in [0, 0.05) is 19.0 Å². The molecule has 1 rings (SSSR count). The topological polar surface area (TPSA) is 47.6 Å². The maximum atomic E-state index is 11.1. The average molecular weight is 187 g/mol. The van der Waals surface area contributed by atoms with E-state index < -0.39 is 0 Å². The van der Waals surface area contributed by atoms with Gasteiger partial charge in [-0.05, 0) is 6.92 Å². The van der Waals surface area contributed by atoms with Crippen molar-refractivity contribution in [2.45, 2.75) is 13.3 Å². The largest absolute Gasteiger partial charge is 0.466 e. The van der Waals surface area contributed by atoms with E-state index in [1.54, 1.807) is 0 Å². The van der Waals surface area contributed by atoms with Crippen LogP contribution in [0.15, 0.2) is 0 Å². The summed E-state index contributed by atoms with van der Waals surface area (Å²) in [6.45, 7) is 5.39. The average Bonchev–Trinajstić information content (AvgIpc) is 2.33. The Morgan fingerprint density at radius 2 is 2.54 bits per heavy atom. The highest BCUT2D eigenvalue weighted by atomic mass is 16.5. The molecule has 1 aliphatic rings. The Labute approximate surface area is 78.6 Å². The lowest BCUT2D eigenvalue weighted by Gasteiger charge is -2.11. The highest BCUT2D eigenvalue weighted by Gasteiger charge is 2.16. The van der Waals surface area contributed by atoms with Crippen LogP contribution in [-0.4, -0.2) is 38.9 Å². The zero-order valence-electron chi connectivity index (χ0n) is 8.04. The molecular weight excluding hydrogens is 170 g/mol. The van der Waals surface area contributed by atoms with Gasteiger partial charge < -0.3 is 14.8 Å². The van der Waals surface area contributed by atoms with Gasteiger partial charge in [-0.2, -0.15) is 0 Å². The zero-order chi connectivity index (χ0) is 9.52. The number of hydrogen-bond donors (Lipinski definition) is 1. The van der Waals surface area contributed by atoms with Gasteiger partial charge in [-0.25, -0.2) is 0 Å². The number of carbonyl (C=O) groups is 1. The maximum absolute atomic E-state index is 11.1. The van der Waals surface area contributed by atoms with Gasteiger partial charge in [0.15, 0.2) is 0 Å². The summed E-state index contributed by atoms with van der Waals surface area (Å²) in [6.07, 6.45) is 0.459. The lowest BCUT2D eigenvalue weighted by atomic mass is 10.1. The first-order valence-electron chi connectivity index (χ1n) is 4.77. The fraction of sp³-hybridized carbons (Fsp3) is 0.889. The van der Waals surface area contributed by atoms with E-state index in [2.05, 4.69) is 5.32 Å². The number of nitrogens with one attached hydrogen (secondary N) is 1. The van der Waals surface area contributed by atoms with Crippen LogP contribution in [0.4, 0.5) is 0 Å². The predicted molar refractivity (Wildman–Crippen MR) is 48.4 cm³/mol. The summed E-state index contributed by atoms with van der Waals surface area (Å²) in [6, 6.07) is 0. The Hall–Kier alpha value is -0.610. The van der Waals surface area contributed by atoms with E-state index in [9.17, 15) is 4.79 Å². The van der Waals surface area contributed by atoms with E-state index in [0.29, 0.717) is 19.6 Å². The highest BCUT2D eigenvalue weighted by molar-refractivity contribution is 5.69. The van der Waals surface area contributed by atoms with E-state index >= 15 is 0 Å². The molecule has 1 unspecified atom stereocenters. The second-order valence-corrected chi connectivity index (χ2v) is 3.15. The van der Waals surface area contributed by atoms with Crippen LogP contribution in [0.2, 0.25) is 0 Å². The van der Waals surface area contributed by atoms with Gasteiger partial charge in [-0.15, -0.1) is 0 Å². The lowest BCUT2D eigenvalue weighted by molar-refractivity contribution is -0.144. The maximum Gasteiger partial charge on any atom is 0.306 e. The van der Waals surface area contributed by atoms with E-state index in [1.165, 1.54) is 0 Å². The second-order valence-electron chi connectivity index (χ2n) is 3.15. The van der Waals surface area contributed by atoms with Crippen molar-refractivity contribution in [1.82, 2.24) is 5.32 Å². The summed E-state index contributed by atoms with van der Waals surface area (Å²) in [5.41, 5.74) is 0. The van der Waals surface area contributed by atoms with Gasteiger partial charge >= 0.3 is 5.97 Å². The minimum absolute atomic E-state index is 0.125. The Bertz CT molecular complexity index is 153. The number of esters is 1. The summed E-state index contributed by atoms with van der Waals surface area (Å²) in [7, 11) is 0. The van der Waals surface area contributed by atoms with Crippen molar-refractivity contribution in [3.63, 3.8) is 0 Å². The molecule has 0 aromatic rings. The van der Waals surface area contributed by atoms with Crippen molar-refractivity contribution < 1.29 is 14.3 Å². The monoisotopic (exact) mass is 187 g/mol. The molecule has 76 valence electrons. The van der Waals surface area contributed by atoms with Crippen LogP contribution < -0.4 is 5.32 Å². The smallest absolute Gasteiger partial charge is 0.306 e. The van der Waals surface area contributed by atoms with Crippen molar-refractivity contribution in [3.8, 4) is 0 Å². The summed E-state index contributed by atoms with van der Waals surface area (Å²) in [5, 5.41) is 3.21. The van der Waals surface area contributed by atoms with Crippen LogP contribution in [0.5, 0.6) is 0 Å². The van der Waals surface area contributed by atoms with Gasteiger partial charge in [0.05, 0.1) is 26.2 Å². The van der Waals surface area contributed by atoms with Gasteiger partial charge in [0.2, 0.25) is 0 Å². The number of ether oxygens (including phenoxy) is 2. The van der Waals surface area contributed by atoms with Crippen LogP contribution in [0, 0.1) is 5.92 Å². The molecule has 0 aromatic heterocycles. The zero-order valence-corrected chi connectivity index (χ0v) is 8.04. The van der Waals surface area contributed by atoms with Crippen molar-refractivity contribution >= 4 is 5.97 Å². The van der Waals surface area contributed by atoms with Crippen molar-refractivity contribution in [3.05, 3.63) is 0 Å². The summed E-state index contributed by atoms with van der Waals surface area (Å²) < 4.78 is 10.2. The van der Waals surface area contributed by atoms with Crippen LogP contribution in [0.25, 0.3) is 0 Å². The molecule has 1 N–H and O–H groups in total. The molecule has 1 fully saturated rings. The minimum Gasteiger partial charge on any atom is -0.466 e. The van der Waals surface area contributed by atoms with Gasteiger partial charge in [0.25, 0.3) is 0 Å². The molecule has 1 heterocycles. The quantitative estimate of drug-likeness (QED) is 0.640. The molecule has 0 aromatic carbocycles. The minimum atomic E-state index is -0.125. The Balaban J connectivity index is 2.21. The van der Waals surface area contributed by atoms with Gasteiger partial charge in [-0.3, -0.25) is 4.79 Å². The van der Waals surface area contributed by atoms with Gasteiger partial charge in [-0.1, -0.05) is 0 Å². The SMILES string of the molecule is CCOC(=O)CC1CNCCOC1. The van der Waals surface area contributed by atoms with E-state index in [-0.39, 0.29) is 11.9 Å². The Morgan fingerprint density at radius 1 is 1.69 bits per heavy atom. The first kappa shape index (κ1) is 10.5. The van der Waals surface area contributed by atoms with E-state index in [4.69, 9.17) is 9.47 Å². The van der Waals surface area contributed by atoms with Gasteiger partial charge in [0.1, 0.15) is 0 Å². The molecule has 0 saturated carbocycles. The van der Waals surface area contributed by atoms with Crippen molar-refractivity contribution in [2.24, 2.45) is 5.92 Å². The number of hydrogen-bond acceptors (Lipinski definition) is 4. The molecule has 4 heteroatoms. The Morgan fingerprint density at radius 3 is 3.31 bits per heavy atom. The van der Waals surface area contributed by atoms with Crippen LogP contribution in [0.3, 0.4) is 0 Å². The number of rotatable bonds is 3. The molecular formula is C9H17NO3. The van der Waals surface area contributed by atoms with E-state index in [0.717, 1.165) is 19.7 Å². The van der Waals surface area contributed by atoms with Crippen LogP contribution in [-0.2, 0) is 14.3 Å². The third-order valence-electron chi connectivity index (χ3n) is 1.97. The van der Waals surface area contributed by atoms with Crippen molar-refractivity contribution in [1.29, 1.82) is 0 Å². The first-order valence-corrected chi connectivity index (χ1v) is 4.77. The van der Waals surface area contributed by atoms with Crippen molar-refractivity contribution in [2.75, 3.05) is 32.9 Å². The number of carbonyl (C=O) groups excluding carboxylic acids is 1. The first-order chi connectivity index (χ1) is 6.33. The van der Waals surface area contributed by atoms with E-state index in [1.807, 2.05) is 6.92 Å². The molecule has 1 aliphatic heterocycles. The summed E-state index contributed by atoms with van der Waals surface area (Å²) in [4.78, 5) is 11.1. The van der Waals surface area contributed by atoms with Crippen LogP contribution in [0.1, 0.15) is 13.3 Å². The molecule has 0 amide bonds. The fourth-order valence-corrected chi connectivity index (χ4v) is 1.35. The fourth-order valence-electron chi connectivity index (χ4n) is 1.35. The molecule has 13 heavy (non-hydrogen) atoms. The highest BCUT2D eigenvalue weighted by Crippen LogP contribution is 2.06. The van der Waals surface area contributed by atoms with Crippen LogP contribution >= 0.6 is 0 Å². The summed E-state index contributed by atoms with van der Waals surface area (Å²) in [5.74, 6) is 0.140. The molecule has 1 saturated heterocycles. The molecule has 0 spiro atoms.